The van der Waals surface area contributed by atoms with E-state index in [0.29, 0.717) is 59.5 Å². The first-order valence-electron chi connectivity index (χ1n) is 7.60. The summed E-state index contributed by atoms with van der Waals surface area (Å²) in [5, 5.41) is 0.195. The van der Waals surface area contributed by atoms with E-state index in [-0.39, 0.29) is 11.4 Å². The van der Waals surface area contributed by atoms with Crippen LogP contribution >= 0.6 is 11.6 Å². The van der Waals surface area contributed by atoms with Crippen molar-refractivity contribution in [1.82, 2.24) is 5.48 Å². The summed E-state index contributed by atoms with van der Waals surface area (Å²) < 4.78 is 21.1. The average Bonchev–Trinajstić information content (AvgIpc) is 2.53. The number of hydroxylamine groups is 1. The first-order chi connectivity index (χ1) is 10.8. The fraction of sp³-hybridized carbons (Fsp3) is 0.867. The smallest absolute Gasteiger partial charge is 0.107 e. The van der Waals surface area contributed by atoms with Crippen LogP contribution in [0.1, 0.15) is 12.8 Å². The van der Waals surface area contributed by atoms with Crippen molar-refractivity contribution in [3.8, 4) is 12.3 Å². The number of hydrogen-bond donors (Lipinski definition) is 1. The van der Waals surface area contributed by atoms with Crippen molar-refractivity contribution in [3.63, 3.8) is 0 Å². The summed E-state index contributed by atoms with van der Waals surface area (Å²) in [5.74, 6) is 2.39. The van der Waals surface area contributed by atoms with Crippen LogP contribution in [-0.2, 0) is 23.8 Å². The topological polar surface area (TPSA) is 58.2 Å². The van der Waals surface area contributed by atoms with Gasteiger partial charge in [-0.05, 0) is 12.8 Å². The molecule has 6 nitrogen and oxygen atoms in total. The molecule has 7 heteroatoms. The predicted octanol–water partition coefficient (Wildman–Crippen LogP) is 0.977. The maximum atomic E-state index is 5.96. The predicted molar refractivity (Wildman–Crippen MR) is 83.9 cm³/mol. The van der Waals surface area contributed by atoms with Crippen LogP contribution in [0.15, 0.2) is 0 Å². The molecule has 0 radical (unpaired) electrons. The van der Waals surface area contributed by atoms with Crippen LogP contribution in [0.2, 0.25) is 0 Å². The molecule has 1 fully saturated rings. The molecule has 1 unspecified atom stereocenters. The highest BCUT2D eigenvalue weighted by molar-refractivity contribution is 6.21. The molecule has 1 aliphatic carbocycles. The van der Waals surface area contributed by atoms with Gasteiger partial charge in [-0.1, -0.05) is 5.92 Å². The molecule has 128 valence electrons. The quantitative estimate of drug-likeness (QED) is 0.208. The Morgan fingerprint density at radius 2 is 1.41 bits per heavy atom. The molecule has 0 saturated heterocycles. The molecule has 0 heterocycles. The lowest BCUT2D eigenvalue weighted by atomic mass is 9.93. The van der Waals surface area contributed by atoms with E-state index in [9.17, 15) is 0 Å². The van der Waals surface area contributed by atoms with Gasteiger partial charge in [-0.25, -0.2) is 0 Å². The molecule has 1 aliphatic rings. The molecule has 2 atom stereocenters. The second kappa shape index (κ2) is 14.2. The fourth-order valence-corrected chi connectivity index (χ4v) is 1.95. The summed E-state index contributed by atoms with van der Waals surface area (Å²) in [6, 6.07) is 0.280. The van der Waals surface area contributed by atoms with Gasteiger partial charge in [-0.15, -0.1) is 18.0 Å². The molecule has 0 spiro atoms. The molecule has 0 amide bonds. The summed E-state index contributed by atoms with van der Waals surface area (Å²) >= 11 is 5.96. The number of halogens is 1. The molecule has 0 aromatic carbocycles. The number of terminal acetylenes is 1. The van der Waals surface area contributed by atoms with Gasteiger partial charge in [0.15, 0.2) is 0 Å². The van der Waals surface area contributed by atoms with Gasteiger partial charge in [-0.3, -0.25) is 4.84 Å². The highest BCUT2D eigenvalue weighted by Crippen LogP contribution is 2.25. The summed E-state index contributed by atoms with van der Waals surface area (Å²) in [6.07, 6.45) is 7.16. The van der Waals surface area contributed by atoms with E-state index in [4.69, 9.17) is 41.8 Å². The third kappa shape index (κ3) is 10.4. The van der Waals surface area contributed by atoms with Gasteiger partial charge >= 0.3 is 0 Å². The van der Waals surface area contributed by atoms with Crippen molar-refractivity contribution in [3.05, 3.63) is 0 Å². The van der Waals surface area contributed by atoms with Gasteiger partial charge in [0, 0.05) is 6.04 Å². The first kappa shape index (κ1) is 19.7. The van der Waals surface area contributed by atoms with E-state index >= 15 is 0 Å². The third-order valence-electron chi connectivity index (χ3n) is 3.06. The lowest BCUT2D eigenvalue weighted by Crippen LogP contribution is -2.45. The summed E-state index contributed by atoms with van der Waals surface area (Å²) in [6.45, 7) is 4.53. The Kier molecular flexibility index (Phi) is 12.7. The van der Waals surface area contributed by atoms with E-state index in [1.165, 1.54) is 0 Å². The average molecular weight is 336 g/mol. The normalized spacial score (nSPS) is 20.5. The van der Waals surface area contributed by atoms with Gasteiger partial charge < -0.3 is 18.9 Å². The second-order valence-corrected chi connectivity index (χ2v) is 5.32. The molecule has 0 aromatic rings. The molecule has 0 aromatic heterocycles. The van der Waals surface area contributed by atoms with Crippen molar-refractivity contribution in [1.29, 1.82) is 0 Å². The number of hydrogen-bond acceptors (Lipinski definition) is 6. The van der Waals surface area contributed by atoms with Gasteiger partial charge in [0.05, 0.1) is 58.2 Å². The SMILES string of the molecule is C#CCOCCOCCOCCOCCON[C@@H]1CCC1Cl. The Balaban J connectivity index is 1.65. The molecule has 0 bridgehead atoms. The summed E-state index contributed by atoms with van der Waals surface area (Å²) in [7, 11) is 0. The van der Waals surface area contributed by atoms with Gasteiger partial charge in [-0.2, -0.15) is 5.48 Å². The van der Waals surface area contributed by atoms with E-state index in [0.717, 1.165) is 12.8 Å². The Morgan fingerprint density at radius 3 is 1.86 bits per heavy atom. The van der Waals surface area contributed by atoms with Crippen LogP contribution in [0.25, 0.3) is 0 Å². The highest BCUT2D eigenvalue weighted by atomic mass is 35.5. The molecule has 1 saturated carbocycles. The van der Waals surface area contributed by atoms with Crippen molar-refractivity contribution in [2.24, 2.45) is 0 Å². The minimum absolute atomic E-state index is 0.195. The van der Waals surface area contributed by atoms with Crippen LogP contribution < -0.4 is 5.48 Å². The van der Waals surface area contributed by atoms with Crippen LogP contribution in [0.4, 0.5) is 0 Å². The van der Waals surface area contributed by atoms with E-state index in [1.54, 1.807) is 0 Å². The number of nitrogens with one attached hydrogen (secondary N) is 1. The molecule has 1 N–H and O–H groups in total. The Bertz CT molecular complexity index is 300. The third-order valence-corrected chi connectivity index (χ3v) is 3.58. The number of alkyl halides is 1. The number of ether oxygens (including phenoxy) is 4. The Labute approximate surface area is 137 Å². The van der Waals surface area contributed by atoms with Crippen LogP contribution in [-0.4, -0.2) is 70.9 Å². The maximum absolute atomic E-state index is 5.96. The van der Waals surface area contributed by atoms with Crippen LogP contribution in [0.3, 0.4) is 0 Å². The molecular formula is C15H26ClNO5. The van der Waals surface area contributed by atoms with Crippen molar-refractivity contribution in [2.75, 3.05) is 59.5 Å². The Morgan fingerprint density at radius 1 is 0.864 bits per heavy atom. The monoisotopic (exact) mass is 335 g/mol. The minimum Gasteiger partial charge on any atom is -0.377 e. The standard InChI is InChI=1S/C15H26ClNO5/c1-2-5-18-6-7-19-8-9-20-10-11-21-12-13-22-17-15-4-3-14(15)16/h1,14-15,17H,3-13H2/t14?,15-/m1/s1. The summed E-state index contributed by atoms with van der Waals surface area (Å²) in [4.78, 5) is 5.26. The summed E-state index contributed by atoms with van der Waals surface area (Å²) in [5.41, 5.74) is 2.93. The molecule has 1 rings (SSSR count). The maximum Gasteiger partial charge on any atom is 0.107 e. The van der Waals surface area contributed by atoms with Crippen molar-refractivity contribution >= 4 is 11.6 Å². The zero-order valence-electron chi connectivity index (χ0n) is 12.9. The van der Waals surface area contributed by atoms with E-state index in [1.807, 2.05) is 0 Å². The van der Waals surface area contributed by atoms with E-state index in [2.05, 4.69) is 11.4 Å². The Hall–Kier alpha value is -0.390. The zero-order valence-corrected chi connectivity index (χ0v) is 13.7. The largest absolute Gasteiger partial charge is 0.377 e. The van der Waals surface area contributed by atoms with Crippen molar-refractivity contribution < 1.29 is 23.8 Å². The molecular weight excluding hydrogens is 310 g/mol. The second-order valence-electron chi connectivity index (χ2n) is 4.76. The fourth-order valence-electron chi connectivity index (χ4n) is 1.65. The van der Waals surface area contributed by atoms with Crippen LogP contribution in [0.5, 0.6) is 0 Å². The minimum atomic E-state index is 0.195. The van der Waals surface area contributed by atoms with Crippen LogP contribution in [0, 0.1) is 12.3 Å². The number of rotatable bonds is 15. The van der Waals surface area contributed by atoms with Gasteiger partial charge in [0.25, 0.3) is 0 Å². The molecule has 0 aliphatic heterocycles. The molecule has 22 heavy (non-hydrogen) atoms. The highest BCUT2D eigenvalue weighted by Gasteiger charge is 2.28. The van der Waals surface area contributed by atoms with Gasteiger partial charge in [0.2, 0.25) is 0 Å². The first-order valence-corrected chi connectivity index (χ1v) is 8.04. The zero-order chi connectivity index (χ0) is 15.9. The lowest BCUT2D eigenvalue weighted by Gasteiger charge is -2.31. The van der Waals surface area contributed by atoms with E-state index < -0.39 is 0 Å². The van der Waals surface area contributed by atoms with Gasteiger partial charge in [0.1, 0.15) is 6.61 Å². The lowest BCUT2D eigenvalue weighted by molar-refractivity contribution is -0.0438. The van der Waals surface area contributed by atoms with Crippen molar-refractivity contribution in [2.45, 2.75) is 24.3 Å².